The number of nitrogens with one attached hydrogen (secondary N) is 1. The van der Waals surface area contributed by atoms with Gasteiger partial charge in [0.15, 0.2) is 9.84 Å². The zero-order valence-electron chi connectivity index (χ0n) is 12.1. The topological polar surface area (TPSA) is 72.5 Å². The number of esters is 1. The summed E-state index contributed by atoms with van der Waals surface area (Å²) in [6.45, 7) is 0. The van der Waals surface area contributed by atoms with Crippen LogP contribution in [0, 0.1) is 0 Å². The van der Waals surface area contributed by atoms with Crippen LogP contribution < -0.4 is 5.32 Å². The van der Waals surface area contributed by atoms with Gasteiger partial charge in [-0.1, -0.05) is 36.1 Å². The average molecular weight is 359 g/mol. The fourth-order valence-corrected chi connectivity index (χ4v) is 4.88. The Labute approximate surface area is 139 Å². The molecule has 1 aliphatic heterocycles. The highest BCUT2D eigenvalue weighted by Crippen LogP contribution is 2.17. The van der Waals surface area contributed by atoms with Gasteiger partial charge in [0, 0.05) is 11.8 Å². The number of thiocarbonyl (C=S) groups is 1. The normalized spacial score (nSPS) is 19.6. The summed E-state index contributed by atoms with van der Waals surface area (Å²) in [5.41, 5.74) is 1.54. The van der Waals surface area contributed by atoms with Crippen LogP contribution in [-0.2, 0) is 20.3 Å². The van der Waals surface area contributed by atoms with Crippen LogP contribution in [0.2, 0.25) is 0 Å². The van der Waals surface area contributed by atoms with Crippen molar-refractivity contribution in [2.24, 2.45) is 0 Å². The lowest BCUT2D eigenvalue weighted by Gasteiger charge is -2.12. The van der Waals surface area contributed by atoms with Gasteiger partial charge in [-0.2, -0.15) is 0 Å². The number of benzene rings is 1. The molecule has 8 heteroatoms. The van der Waals surface area contributed by atoms with Crippen LogP contribution in [-0.4, -0.2) is 43.4 Å². The number of hydrogen-bond acceptors (Lipinski definition) is 6. The number of hydrogen-bond donors (Lipinski definition) is 1. The van der Waals surface area contributed by atoms with E-state index in [1.807, 2.05) is 12.1 Å². The lowest BCUT2D eigenvalue weighted by molar-refractivity contribution is 0.0600. The number of rotatable bonds is 4. The Hall–Kier alpha value is -1.12. The van der Waals surface area contributed by atoms with Gasteiger partial charge in [-0.05, 0) is 24.1 Å². The highest BCUT2D eigenvalue weighted by atomic mass is 32.2. The monoisotopic (exact) mass is 359 g/mol. The molecule has 0 aromatic heterocycles. The maximum absolute atomic E-state index is 11.4. The van der Waals surface area contributed by atoms with Crippen LogP contribution >= 0.6 is 24.0 Å². The number of thioether (sulfide) groups is 1. The van der Waals surface area contributed by atoms with Gasteiger partial charge in [0.1, 0.15) is 4.32 Å². The summed E-state index contributed by atoms with van der Waals surface area (Å²) >= 11 is 6.68. The van der Waals surface area contributed by atoms with Crippen molar-refractivity contribution in [3.05, 3.63) is 35.4 Å². The lowest BCUT2D eigenvalue weighted by Crippen LogP contribution is -2.32. The van der Waals surface area contributed by atoms with Crippen molar-refractivity contribution >= 4 is 44.1 Å². The van der Waals surface area contributed by atoms with E-state index in [0.29, 0.717) is 22.1 Å². The molecule has 1 fully saturated rings. The Kier molecular flexibility index (Phi) is 5.82. The molecule has 0 unspecified atom stereocenters. The molecule has 5 nitrogen and oxygen atoms in total. The first kappa shape index (κ1) is 17.2. The number of methoxy groups -OCH3 is 1. The van der Waals surface area contributed by atoms with Gasteiger partial charge < -0.3 is 10.1 Å². The third-order valence-corrected chi connectivity index (χ3v) is 6.40. The summed E-state index contributed by atoms with van der Waals surface area (Å²) in [6, 6.07) is 7.04. The number of ether oxygens (including phenoxy) is 1. The first-order valence-corrected chi connectivity index (χ1v) is 9.92. The largest absolute Gasteiger partial charge is 0.465 e. The quantitative estimate of drug-likeness (QED) is 0.649. The summed E-state index contributed by atoms with van der Waals surface area (Å²) in [5, 5.41) is 3.08. The first-order valence-electron chi connectivity index (χ1n) is 6.70. The zero-order chi connectivity index (χ0) is 16.2. The van der Waals surface area contributed by atoms with Crippen molar-refractivity contribution in [1.29, 1.82) is 0 Å². The van der Waals surface area contributed by atoms with Crippen molar-refractivity contribution in [2.45, 2.75) is 18.2 Å². The van der Waals surface area contributed by atoms with E-state index in [0.717, 1.165) is 5.56 Å². The van der Waals surface area contributed by atoms with E-state index in [1.165, 1.54) is 18.9 Å². The molecular formula is C14H17NO4S3. The third kappa shape index (κ3) is 4.96. The van der Waals surface area contributed by atoms with Crippen molar-refractivity contribution in [3.63, 3.8) is 0 Å². The molecular weight excluding hydrogens is 342 g/mol. The maximum atomic E-state index is 11.4. The minimum absolute atomic E-state index is 0.0771. The van der Waals surface area contributed by atoms with Crippen molar-refractivity contribution in [3.8, 4) is 0 Å². The van der Waals surface area contributed by atoms with E-state index in [4.69, 9.17) is 12.2 Å². The highest BCUT2D eigenvalue weighted by Gasteiger charge is 2.28. The molecule has 1 heterocycles. The van der Waals surface area contributed by atoms with Crippen molar-refractivity contribution in [2.75, 3.05) is 18.6 Å². The molecule has 120 valence electrons. The molecule has 1 saturated heterocycles. The van der Waals surface area contributed by atoms with Crippen LogP contribution in [0.15, 0.2) is 24.3 Å². The number of carbonyl (C=O) groups is 1. The molecule has 0 aliphatic carbocycles. The Morgan fingerprint density at radius 3 is 2.64 bits per heavy atom. The van der Waals surface area contributed by atoms with E-state index >= 15 is 0 Å². The maximum Gasteiger partial charge on any atom is 0.337 e. The molecule has 22 heavy (non-hydrogen) atoms. The first-order chi connectivity index (χ1) is 10.4. The fourth-order valence-electron chi connectivity index (χ4n) is 2.12. The van der Waals surface area contributed by atoms with Gasteiger partial charge in [-0.25, -0.2) is 13.2 Å². The van der Waals surface area contributed by atoms with E-state index in [1.54, 1.807) is 12.1 Å². The molecule has 0 spiro atoms. The fraction of sp³-hybridized carbons (Fsp3) is 0.429. The van der Waals surface area contributed by atoms with E-state index < -0.39 is 9.84 Å². The summed E-state index contributed by atoms with van der Waals surface area (Å²) in [6.07, 6.45) is 0.608. The van der Waals surface area contributed by atoms with Gasteiger partial charge in [0.2, 0.25) is 0 Å². The van der Waals surface area contributed by atoms with Gasteiger partial charge in [0.25, 0.3) is 0 Å². The Balaban J connectivity index is 1.80. The standard InChI is InChI=1S/C14H17NO4S3/c1-19-13(16)11-4-2-10(3-5-11)8-21-14(20)15-12-6-7-22(17,18)9-12/h2-5,12H,6-9H2,1H3,(H,15,20)/t12-/m0/s1. The predicted molar refractivity (Wildman–Crippen MR) is 91.9 cm³/mol. The minimum atomic E-state index is -2.90. The Bertz CT molecular complexity index is 655. The minimum Gasteiger partial charge on any atom is -0.465 e. The molecule has 1 aliphatic rings. The molecule has 1 atom stereocenters. The van der Waals surface area contributed by atoms with Crippen molar-refractivity contribution < 1.29 is 17.9 Å². The van der Waals surface area contributed by atoms with Crippen molar-refractivity contribution in [1.82, 2.24) is 5.32 Å². The summed E-state index contributed by atoms with van der Waals surface area (Å²) in [5.74, 6) is 0.681. The number of carbonyl (C=O) groups excluding carboxylic acids is 1. The molecule has 0 saturated carbocycles. The van der Waals surface area contributed by atoms with Crippen LogP contribution in [0.3, 0.4) is 0 Å². The molecule has 1 N–H and O–H groups in total. The highest BCUT2D eigenvalue weighted by molar-refractivity contribution is 8.22. The molecule has 0 bridgehead atoms. The van der Waals surface area contributed by atoms with Crippen LogP contribution in [0.1, 0.15) is 22.3 Å². The molecule has 1 aromatic rings. The summed E-state index contributed by atoms with van der Waals surface area (Å²) in [7, 11) is -1.55. The molecule has 1 aromatic carbocycles. The van der Waals surface area contributed by atoms with Gasteiger partial charge in [-0.3, -0.25) is 0 Å². The Morgan fingerprint density at radius 1 is 1.41 bits per heavy atom. The van der Waals surface area contributed by atoms with Crippen LogP contribution in [0.4, 0.5) is 0 Å². The lowest BCUT2D eigenvalue weighted by atomic mass is 10.1. The predicted octanol–water partition coefficient (Wildman–Crippen LogP) is 1.77. The van der Waals surface area contributed by atoms with Crippen LogP contribution in [0.25, 0.3) is 0 Å². The third-order valence-electron chi connectivity index (χ3n) is 3.30. The zero-order valence-corrected chi connectivity index (χ0v) is 14.5. The smallest absolute Gasteiger partial charge is 0.337 e. The molecule has 0 amide bonds. The number of sulfone groups is 1. The molecule has 2 rings (SSSR count). The average Bonchev–Trinajstić information content (AvgIpc) is 2.83. The van der Waals surface area contributed by atoms with Gasteiger partial charge in [0.05, 0.1) is 24.2 Å². The van der Waals surface area contributed by atoms with E-state index in [9.17, 15) is 13.2 Å². The summed E-state index contributed by atoms with van der Waals surface area (Å²) in [4.78, 5) is 11.3. The SMILES string of the molecule is COC(=O)c1ccc(CSC(=S)N[C@H]2CCS(=O)(=O)C2)cc1. The second kappa shape index (κ2) is 7.43. The van der Waals surface area contributed by atoms with Crippen LogP contribution in [0.5, 0.6) is 0 Å². The van der Waals surface area contributed by atoms with E-state index in [2.05, 4.69) is 10.1 Å². The second-order valence-corrected chi connectivity index (χ2v) is 8.89. The van der Waals surface area contributed by atoms with E-state index in [-0.39, 0.29) is 23.5 Å². The molecule has 0 radical (unpaired) electrons. The van der Waals surface area contributed by atoms with Gasteiger partial charge >= 0.3 is 5.97 Å². The Morgan fingerprint density at radius 2 is 2.09 bits per heavy atom. The van der Waals surface area contributed by atoms with Gasteiger partial charge in [-0.15, -0.1) is 0 Å². The summed E-state index contributed by atoms with van der Waals surface area (Å²) < 4.78 is 28.0. The second-order valence-electron chi connectivity index (χ2n) is 5.01.